The lowest BCUT2D eigenvalue weighted by molar-refractivity contribution is 1.23. The standard InChI is InChI=1S/C14H14Br2N2/c1-8-4-10(3)13(11(15)5-8)18-14-12(16)6-9(2)7-17-14/h4-7H,1-3H3,(H,17,18). The normalized spacial score (nSPS) is 10.5. The second-order valence-electron chi connectivity index (χ2n) is 4.41. The summed E-state index contributed by atoms with van der Waals surface area (Å²) in [5.41, 5.74) is 4.61. The highest BCUT2D eigenvalue weighted by Crippen LogP contribution is 2.32. The van der Waals surface area contributed by atoms with E-state index in [9.17, 15) is 0 Å². The molecule has 0 radical (unpaired) electrons. The van der Waals surface area contributed by atoms with Crippen molar-refractivity contribution in [2.75, 3.05) is 5.32 Å². The summed E-state index contributed by atoms with van der Waals surface area (Å²) in [6, 6.07) is 6.29. The molecule has 0 saturated carbocycles. The second-order valence-corrected chi connectivity index (χ2v) is 6.12. The third-order valence-corrected chi connectivity index (χ3v) is 3.88. The molecule has 2 rings (SSSR count). The zero-order chi connectivity index (χ0) is 13.3. The quantitative estimate of drug-likeness (QED) is 0.779. The van der Waals surface area contributed by atoms with Gasteiger partial charge in [-0.25, -0.2) is 4.98 Å². The Kier molecular flexibility index (Phi) is 4.07. The summed E-state index contributed by atoms with van der Waals surface area (Å²) in [6.07, 6.45) is 1.85. The number of rotatable bonds is 2. The van der Waals surface area contributed by atoms with E-state index in [1.54, 1.807) is 0 Å². The van der Waals surface area contributed by atoms with E-state index in [4.69, 9.17) is 0 Å². The Bertz CT molecular complexity index is 571. The minimum atomic E-state index is 0.827. The summed E-state index contributed by atoms with van der Waals surface area (Å²) < 4.78 is 2.02. The Morgan fingerprint density at radius 3 is 2.22 bits per heavy atom. The first-order chi connectivity index (χ1) is 8.47. The molecule has 0 spiro atoms. The van der Waals surface area contributed by atoms with Crippen LogP contribution in [-0.2, 0) is 0 Å². The smallest absolute Gasteiger partial charge is 0.144 e. The van der Waals surface area contributed by atoms with Crippen LogP contribution in [0.3, 0.4) is 0 Å². The number of hydrogen-bond donors (Lipinski definition) is 1. The molecule has 0 bridgehead atoms. The van der Waals surface area contributed by atoms with Gasteiger partial charge in [-0.2, -0.15) is 0 Å². The number of nitrogens with zero attached hydrogens (tertiary/aromatic N) is 1. The molecule has 1 aromatic heterocycles. The van der Waals surface area contributed by atoms with Gasteiger partial charge in [0.1, 0.15) is 5.82 Å². The summed E-state index contributed by atoms with van der Waals surface area (Å²) >= 11 is 7.12. The Morgan fingerprint density at radius 1 is 0.944 bits per heavy atom. The van der Waals surface area contributed by atoms with Gasteiger partial charge in [-0.1, -0.05) is 6.07 Å². The number of hydrogen-bond acceptors (Lipinski definition) is 2. The van der Waals surface area contributed by atoms with Gasteiger partial charge in [-0.3, -0.25) is 0 Å². The monoisotopic (exact) mass is 368 g/mol. The molecule has 2 nitrogen and oxygen atoms in total. The molecule has 0 aliphatic carbocycles. The summed E-state index contributed by atoms with van der Waals surface area (Å²) in [6.45, 7) is 6.19. The predicted octanol–water partition coefficient (Wildman–Crippen LogP) is 5.28. The molecule has 1 N–H and O–H groups in total. The largest absolute Gasteiger partial charge is 0.338 e. The van der Waals surface area contributed by atoms with Gasteiger partial charge in [0.05, 0.1) is 10.2 Å². The third-order valence-electron chi connectivity index (χ3n) is 2.65. The van der Waals surface area contributed by atoms with Crippen LogP contribution in [0, 0.1) is 20.8 Å². The number of benzene rings is 1. The van der Waals surface area contributed by atoms with Gasteiger partial charge >= 0.3 is 0 Å². The topological polar surface area (TPSA) is 24.9 Å². The Labute approximate surface area is 124 Å². The van der Waals surface area contributed by atoms with Gasteiger partial charge in [0.15, 0.2) is 0 Å². The van der Waals surface area contributed by atoms with E-state index >= 15 is 0 Å². The Hall–Kier alpha value is -0.870. The van der Waals surface area contributed by atoms with Crippen LogP contribution in [0.25, 0.3) is 0 Å². The summed E-state index contributed by atoms with van der Waals surface area (Å²) in [5.74, 6) is 0.827. The zero-order valence-corrected chi connectivity index (χ0v) is 13.7. The highest BCUT2D eigenvalue weighted by Gasteiger charge is 2.08. The molecule has 0 aliphatic rings. The number of pyridine rings is 1. The number of anilines is 2. The van der Waals surface area contributed by atoms with Crippen LogP contribution in [0.1, 0.15) is 16.7 Å². The van der Waals surface area contributed by atoms with E-state index in [0.29, 0.717) is 0 Å². The molecule has 0 unspecified atom stereocenters. The predicted molar refractivity (Wildman–Crippen MR) is 83.6 cm³/mol. The molecule has 94 valence electrons. The number of aromatic nitrogens is 1. The maximum absolute atomic E-state index is 4.40. The third kappa shape index (κ3) is 2.93. The molecule has 18 heavy (non-hydrogen) atoms. The van der Waals surface area contributed by atoms with E-state index in [1.165, 1.54) is 11.1 Å². The van der Waals surface area contributed by atoms with Gasteiger partial charge in [0, 0.05) is 10.7 Å². The van der Waals surface area contributed by atoms with E-state index in [1.807, 2.05) is 19.2 Å². The molecular formula is C14H14Br2N2. The highest BCUT2D eigenvalue weighted by molar-refractivity contribution is 9.11. The van der Waals surface area contributed by atoms with Crippen molar-refractivity contribution in [2.45, 2.75) is 20.8 Å². The second kappa shape index (κ2) is 5.41. The molecule has 0 saturated heterocycles. The lowest BCUT2D eigenvalue weighted by Gasteiger charge is -2.13. The molecule has 0 amide bonds. The van der Waals surface area contributed by atoms with Crippen LogP contribution in [0.4, 0.5) is 11.5 Å². The van der Waals surface area contributed by atoms with Gasteiger partial charge in [0.2, 0.25) is 0 Å². The van der Waals surface area contributed by atoms with E-state index in [0.717, 1.165) is 26.0 Å². The van der Waals surface area contributed by atoms with Crippen molar-refractivity contribution in [3.05, 3.63) is 50.0 Å². The van der Waals surface area contributed by atoms with Crippen LogP contribution in [0.15, 0.2) is 33.3 Å². The van der Waals surface area contributed by atoms with Crippen LogP contribution >= 0.6 is 31.9 Å². The lowest BCUT2D eigenvalue weighted by Crippen LogP contribution is -1.98. The molecular weight excluding hydrogens is 356 g/mol. The maximum Gasteiger partial charge on any atom is 0.144 e. The molecule has 0 aliphatic heterocycles. The number of nitrogens with one attached hydrogen (secondary N) is 1. The fourth-order valence-corrected chi connectivity index (χ4v) is 3.15. The Balaban J connectivity index is 2.40. The summed E-state index contributed by atoms with van der Waals surface area (Å²) in [4.78, 5) is 4.40. The van der Waals surface area contributed by atoms with Crippen molar-refractivity contribution in [1.29, 1.82) is 0 Å². The van der Waals surface area contributed by atoms with Gasteiger partial charge in [-0.15, -0.1) is 0 Å². The fourth-order valence-electron chi connectivity index (χ4n) is 1.82. The highest BCUT2D eigenvalue weighted by atomic mass is 79.9. The fraction of sp³-hybridized carbons (Fsp3) is 0.214. The number of halogens is 2. The lowest BCUT2D eigenvalue weighted by atomic mass is 10.1. The van der Waals surface area contributed by atoms with Crippen LogP contribution < -0.4 is 5.32 Å². The first-order valence-electron chi connectivity index (χ1n) is 5.63. The maximum atomic E-state index is 4.40. The van der Waals surface area contributed by atoms with Crippen molar-refractivity contribution in [2.24, 2.45) is 0 Å². The zero-order valence-electron chi connectivity index (χ0n) is 10.5. The first-order valence-corrected chi connectivity index (χ1v) is 7.22. The Morgan fingerprint density at radius 2 is 1.61 bits per heavy atom. The average Bonchev–Trinajstić information content (AvgIpc) is 2.25. The van der Waals surface area contributed by atoms with Crippen molar-refractivity contribution in [3.63, 3.8) is 0 Å². The molecule has 2 aromatic rings. The molecule has 4 heteroatoms. The van der Waals surface area contributed by atoms with Crippen molar-refractivity contribution in [3.8, 4) is 0 Å². The van der Waals surface area contributed by atoms with Crippen molar-refractivity contribution < 1.29 is 0 Å². The van der Waals surface area contributed by atoms with Crippen molar-refractivity contribution >= 4 is 43.4 Å². The number of aryl methyl sites for hydroxylation is 3. The van der Waals surface area contributed by atoms with Gasteiger partial charge in [-0.05, 0) is 81.5 Å². The van der Waals surface area contributed by atoms with Gasteiger partial charge < -0.3 is 5.32 Å². The summed E-state index contributed by atoms with van der Waals surface area (Å²) in [5, 5.41) is 3.36. The minimum Gasteiger partial charge on any atom is -0.338 e. The van der Waals surface area contributed by atoms with E-state index in [-0.39, 0.29) is 0 Å². The first kappa shape index (κ1) is 13.6. The van der Waals surface area contributed by atoms with E-state index in [2.05, 4.69) is 68.1 Å². The summed E-state index contributed by atoms with van der Waals surface area (Å²) in [7, 11) is 0. The minimum absolute atomic E-state index is 0.827. The SMILES string of the molecule is Cc1cnc(Nc2c(C)cc(C)cc2Br)c(Br)c1. The van der Waals surface area contributed by atoms with Gasteiger partial charge in [0.25, 0.3) is 0 Å². The molecule has 0 fully saturated rings. The molecule has 1 aromatic carbocycles. The average molecular weight is 370 g/mol. The van der Waals surface area contributed by atoms with E-state index < -0.39 is 0 Å². The molecule has 0 atom stereocenters. The van der Waals surface area contributed by atoms with Crippen molar-refractivity contribution in [1.82, 2.24) is 4.98 Å². The van der Waals surface area contributed by atoms with Crippen LogP contribution in [0.2, 0.25) is 0 Å². The molecule has 1 heterocycles. The van der Waals surface area contributed by atoms with Crippen LogP contribution in [-0.4, -0.2) is 4.98 Å². The van der Waals surface area contributed by atoms with Crippen LogP contribution in [0.5, 0.6) is 0 Å².